The highest BCUT2D eigenvalue weighted by atomic mass is 16.2. The van der Waals surface area contributed by atoms with Gasteiger partial charge >= 0.3 is 0 Å². The van der Waals surface area contributed by atoms with Crippen molar-refractivity contribution in [1.29, 1.82) is 0 Å². The van der Waals surface area contributed by atoms with E-state index >= 15 is 0 Å². The Morgan fingerprint density at radius 1 is 1.44 bits per heavy atom. The molecule has 0 aromatic heterocycles. The number of allylic oxidation sites excluding steroid dienone is 1. The summed E-state index contributed by atoms with van der Waals surface area (Å²) in [7, 11) is 0. The van der Waals surface area contributed by atoms with Crippen molar-refractivity contribution in [3.05, 3.63) is 22.9 Å². The summed E-state index contributed by atoms with van der Waals surface area (Å²) >= 11 is 0. The first kappa shape index (κ1) is 12.5. The number of hydrogen-bond acceptors (Lipinski definition) is 3. The van der Waals surface area contributed by atoms with Crippen LogP contribution in [-0.2, 0) is 14.4 Å². The van der Waals surface area contributed by atoms with Crippen molar-refractivity contribution in [2.24, 2.45) is 0 Å². The molecule has 2 amide bonds. The molecule has 96 valence electrons. The molecule has 2 aliphatic rings. The summed E-state index contributed by atoms with van der Waals surface area (Å²) in [4.78, 5) is 38.0. The van der Waals surface area contributed by atoms with Gasteiger partial charge < -0.3 is 9.80 Å². The number of nitrogens with zero attached hydrogens (tertiary/aromatic N) is 2. The summed E-state index contributed by atoms with van der Waals surface area (Å²) in [6.45, 7) is 5.62. The fourth-order valence-corrected chi connectivity index (χ4v) is 2.38. The molecule has 0 aromatic rings. The third kappa shape index (κ3) is 1.75. The van der Waals surface area contributed by atoms with Gasteiger partial charge in [-0.05, 0) is 26.3 Å². The van der Waals surface area contributed by atoms with E-state index in [1.165, 1.54) is 11.0 Å². The van der Waals surface area contributed by atoms with Crippen LogP contribution in [-0.4, -0.2) is 47.5 Å². The standard InChI is InChI=1S/C13H16N2O3/c1-3-14(4-2)13(18)10-5-6-15-11(10)7-9(8-16)12(15)17/h7-8H,3-6H2,1-2H3. The molecule has 0 saturated heterocycles. The van der Waals surface area contributed by atoms with Crippen LogP contribution in [0.2, 0.25) is 0 Å². The molecule has 0 spiro atoms. The highest BCUT2D eigenvalue weighted by molar-refractivity contribution is 6.15. The minimum absolute atomic E-state index is 0.0336. The molecular weight excluding hydrogens is 232 g/mol. The Morgan fingerprint density at radius 3 is 2.67 bits per heavy atom. The van der Waals surface area contributed by atoms with E-state index in [2.05, 4.69) is 0 Å². The molecule has 0 N–H and O–H groups in total. The number of hydrogen-bond donors (Lipinski definition) is 0. The molecule has 18 heavy (non-hydrogen) atoms. The SMILES string of the molecule is CCN(CC)C(=O)C1=C2C=C(C=O)C(=O)N2CC1. The van der Waals surface area contributed by atoms with Crippen LogP contribution < -0.4 is 0 Å². The molecule has 5 heteroatoms. The van der Waals surface area contributed by atoms with Crippen LogP contribution in [0.5, 0.6) is 0 Å². The summed E-state index contributed by atoms with van der Waals surface area (Å²) < 4.78 is 0. The number of fused-ring (bicyclic) bond motifs is 1. The quantitative estimate of drug-likeness (QED) is 0.537. The first-order valence-corrected chi connectivity index (χ1v) is 6.15. The monoisotopic (exact) mass is 248 g/mol. The molecule has 2 rings (SSSR count). The number of aldehydes is 1. The molecule has 0 aliphatic carbocycles. The lowest BCUT2D eigenvalue weighted by molar-refractivity contribution is -0.127. The lowest BCUT2D eigenvalue weighted by Crippen LogP contribution is -2.31. The minimum atomic E-state index is -0.289. The topological polar surface area (TPSA) is 57.7 Å². The molecule has 0 saturated carbocycles. The van der Waals surface area contributed by atoms with Crippen LogP contribution in [0, 0.1) is 0 Å². The lowest BCUT2D eigenvalue weighted by atomic mass is 10.1. The number of likely N-dealkylation sites (N-methyl/N-ethyl adjacent to an activating group) is 1. The maximum Gasteiger partial charge on any atom is 0.261 e. The van der Waals surface area contributed by atoms with E-state index in [-0.39, 0.29) is 17.4 Å². The maximum absolute atomic E-state index is 12.3. The van der Waals surface area contributed by atoms with E-state index in [0.29, 0.717) is 43.6 Å². The highest BCUT2D eigenvalue weighted by Crippen LogP contribution is 2.32. The molecular formula is C13H16N2O3. The largest absolute Gasteiger partial charge is 0.339 e. The average molecular weight is 248 g/mol. The number of amides is 2. The Labute approximate surface area is 106 Å². The van der Waals surface area contributed by atoms with Crippen LogP contribution in [0.25, 0.3) is 0 Å². The molecule has 0 radical (unpaired) electrons. The zero-order valence-electron chi connectivity index (χ0n) is 10.6. The first-order valence-electron chi connectivity index (χ1n) is 6.15. The van der Waals surface area contributed by atoms with Gasteiger partial charge in [0.2, 0.25) is 0 Å². The van der Waals surface area contributed by atoms with Gasteiger partial charge in [0.15, 0.2) is 6.29 Å². The fraction of sp³-hybridized carbons (Fsp3) is 0.462. The molecule has 2 aliphatic heterocycles. The van der Waals surface area contributed by atoms with Crippen molar-refractivity contribution in [2.75, 3.05) is 19.6 Å². The third-order valence-electron chi connectivity index (χ3n) is 3.41. The molecule has 5 nitrogen and oxygen atoms in total. The Bertz CT molecular complexity index is 473. The summed E-state index contributed by atoms with van der Waals surface area (Å²) in [6.07, 6.45) is 2.64. The van der Waals surface area contributed by atoms with Gasteiger partial charge in [0, 0.05) is 25.2 Å². The second-order valence-corrected chi connectivity index (χ2v) is 4.27. The summed E-state index contributed by atoms with van der Waals surface area (Å²) in [5, 5.41) is 0. The van der Waals surface area contributed by atoms with Crippen LogP contribution in [0.15, 0.2) is 22.9 Å². The molecule has 0 aromatic carbocycles. The Morgan fingerprint density at radius 2 is 2.11 bits per heavy atom. The van der Waals surface area contributed by atoms with E-state index in [0.717, 1.165) is 0 Å². The predicted octanol–water partition coefficient (Wildman–Crippen LogP) is 0.480. The number of carbonyl (C=O) groups excluding carboxylic acids is 3. The second-order valence-electron chi connectivity index (χ2n) is 4.27. The molecule has 2 heterocycles. The van der Waals surface area contributed by atoms with Gasteiger partial charge in [0.25, 0.3) is 11.8 Å². The highest BCUT2D eigenvalue weighted by Gasteiger charge is 2.36. The minimum Gasteiger partial charge on any atom is -0.339 e. The van der Waals surface area contributed by atoms with Gasteiger partial charge in [-0.1, -0.05) is 0 Å². The first-order chi connectivity index (χ1) is 8.63. The van der Waals surface area contributed by atoms with Crippen LogP contribution in [0.1, 0.15) is 20.3 Å². The third-order valence-corrected chi connectivity index (χ3v) is 3.41. The van der Waals surface area contributed by atoms with E-state index < -0.39 is 0 Å². The Balaban J connectivity index is 2.35. The Hall–Kier alpha value is -1.91. The van der Waals surface area contributed by atoms with Gasteiger partial charge in [0.05, 0.1) is 11.3 Å². The van der Waals surface area contributed by atoms with E-state index in [1.807, 2.05) is 13.8 Å². The molecule has 0 bridgehead atoms. The summed E-state index contributed by atoms with van der Waals surface area (Å²) in [6, 6.07) is 0. The normalized spacial score (nSPS) is 18.0. The van der Waals surface area contributed by atoms with Crippen molar-refractivity contribution in [1.82, 2.24) is 9.80 Å². The average Bonchev–Trinajstić information content (AvgIpc) is 2.91. The second kappa shape index (κ2) is 4.76. The lowest BCUT2D eigenvalue weighted by Gasteiger charge is -2.19. The van der Waals surface area contributed by atoms with E-state index in [1.54, 1.807) is 4.90 Å². The summed E-state index contributed by atoms with van der Waals surface area (Å²) in [5.74, 6) is -0.323. The molecule has 0 atom stereocenters. The van der Waals surface area contributed by atoms with Crippen molar-refractivity contribution in [3.63, 3.8) is 0 Å². The smallest absolute Gasteiger partial charge is 0.261 e. The van der Waals surface area contributed by atoms with Crippen molar-refractivity contribution in [3.8, 4) is 0 Å². The van der Waals surface area contributed by atoms with Gasteiger partial charge in [-0.3, -0.25) is 14.4 Å². The Kier molecular flexibility index (Phi) is 3.32. The fourth-order valence-electron chi connectivity index (χ4n) is 2.38. The molecule has 0 fully saturated rings. The van der Waals surface area contributed by atoms with Crippen molar-refractivity contribution >= 4 is 18.1 Å². The van der Waals surface area contributed by atoms with Crippen molar-refractivity contribution in [2.45, 2.75) is 20.3 Å². The zero-order valence-corrected chi connectivity index (χ0v) is 10.6. The van der Waals surface area contributed by atoms with E-state index in [4.69, 9.17) is 0 Å². The predicted molar refractivity (Wildman–Crippen MR) is 65.4 cm³/mol. The van der Waals surface area contributed by atoms with Crippen molar-refractivity contribution < 1.29 is 14.4 Å². The van der Waals surface area contributed by atoms with Gasteiger partial charge in [-0.25, -0.2) is 0 Å². The van der Waals surface area contributed by atoms with Gasteiger partial charge in [-0.2, -0.15) is 0 Å². The maximum atomic E-state index is 12.3. The zero-order chi connectivity index (χ0) is 13.3. The van der Waals surface area contributed by atoms with Gasteiger partial charge in [-0.15, -0.1) is 0 Å². The van der Waals surface area contributed by atoms with Crippen LogP contribution in [0.3, 0.4) is 0 Å². The molecule has 0 unspecified atom stereocenters. The van der Waals surface area contributed by atoms with E-state index in [9.17, 15) is 14.4 Å². The number of rotatable bonds is 4. The summed E-state index contributed by atoms with van der Waals surface area (Å²) in [5.41, 5.74) is 1.39. The van der Waals surface area contributed by atoms with Crippen LogP contribution >= 0.6 is 0 Å². The van der Waals surface area contributed by atoms with Crippen LogP contribution in [0.4, 0.5) is 0 Å². The number of carbonyl (C=O) groups is 3. The van der Waals surface area contributed by atoms with Gasteiger partial charge in [0.1, 0.15) is 0 Å².